The minimum absolute atomic E-state index is 0.0813. The highest BCUT2D eigenvalue weighted by molar-refractivity contribution is 5.76. The van der Waals surface area contributed by atoms with Gasteiger partial charge < -0.3 is 15.5 Å². The van der Waals surface area contributed by atoms with Gasteiger partial charge >= 0.3 is 0 Å². The fourth-order valence-electron chi connectivity index (χ4n) is 7.90. The van der Waals surface area contributed by atoms with Crippen molar-refractivity contribution in [2.24, 2.45) is 0 Å². The molecule has 0 fully saturated rings. The van der Waals surface area contributed by atoms with E-state index in [4.69, 9.17) is 0 Å². The standard InChI is InChI=1S/C53H101NO3/c1-3-5-7-9-11-13-15-17-19-20-21-22-23-24-25-26-27-28-29-30-31-32-33-34-35-36-38-40-42-44-46-48-52(56)51(50-55)54-53(57)49-47-45-43-41-39-37-18-16-14-12-10-8-6-4-2/h16,18,38,40,46,48,51-52,55-56H,3-15,17,19-37,39,41-45,47,49-50H2,1-2H3,(H,54,57)/b18-16-,40-38+,48-46+. The van der Waals surface area contributed by atoms with Crippen molar-refractivity contribution in [3.63, 3.8) is 0 Å². The number of allylic oxidation sites excluding steroid dienone is 5. The molecule has 0 saturated heterocycles. The number of aliphatic hydroxyl groups excluding tert-OH is 2. The van der Waals surface area contributed by atoms with Crippen molar-refractivity contribution < 1.29 is 15.0 Å². The van der Waals surface area contributed by atoms with Gasteiger partial charge in [0.25, 0.3) is 0 Å². The van der Waals surface area contributed by atoms with Gasteiger partial charge in [0.05, 0.1) is 18.8 Å². The molecule has 0 aromatic heterocycles. The smallest absolute Gasteiger partial charge is 0.220 e. The average molecular weight is 800 g/mol. The molecular weight excluding hydrogens is 699 g/mol. The van der Waals surface area contributed by atoms with Crippen LogP contribution in [0.4, 0.5) is 0 Å². The Morgan fingerprint density at radius 2 is 0.684 bits per heavy atom. The monoisotopic (exact) mass is 800 g/mol. The minimum atomic E-state index is -0.865. The predicted molar refractivity (Wildman–Crippen MR) is 253 cm³/mol. The summed E-state index contributed by atoms with van der Waals surface area (Å²) in [5.41, 5.74) is 0. The van der Waals surface area contributed by atoms with E-state index in [-0.39, 0.29) is 12.5 Å². The van der Waals surface area contributed by atoms with Crippen molar-refractivity contribution in [2.75, 3.05) is 6.61 Å². The van der Waals surface area contributed by atoms with Gasteiger partial charge in [0.15, 0.2) is 0 Å². The Morgan fingerprint density at radius 3 is 1.02 bits per heavy atom. The third kappa shape index (κ3) is 45.5. The van der Waals surface area contributed by atoms with Gasteiger partial charge in [-0.25, -0.2) is 0 Å². The maximum absolute atomic E-state index is 12.4. The lowest BCUT2D eigenvalue weighted by Gasteiger charge is -2.19. The number of rotatable bonds is 47. The SMILES string of the molecule is CCCCCCC/C=C\CCCCCCCC(=O)NC(CO)C(O)/C=C/CC/C=C/CCCCCCCCCCCCCCCCCCCCCCCCCCC. The first-order valence-corrected chi connectivity index (χ1v) is 25.7. The van der Waals surface area contributed by atoms with Crippen LogP contribution in [0.1, 0.15) is 277 Å². The lowest BCUT2D eigenvalue weighted by atomic mass is 10.0. The summed E-state index contributed by atoms with van der Waals surface area (Å²) >= 11 is 0. The number of unbranched alkanes of at least 4 members (excludes halogenated alkanes) is 36. The molecule has 1 amide bonds. The number of aliphatic hydroxyl groups is 2. The number of carbonyl (C=O) groups is 1. The molecule has 0 radical (unpaired) electrons. The van der Waals surface area contributed by atoms with E-state index in [2.05, 4.69) is 43.5 Å². The summed E-state index contributed by atoms with van der Waals surface area (Å²) in [5, 5.41) is 23.0. The Balaban J connectivity index is 3.50. The lowest BCUT2D eigenvalue weighted by Crippen LogP contribution is -2.45. The molecule has 0 aliphatic carbocycles. The van der Waals surface area contributed by atoms with Crippen molar-refractivity contribution in [1.82, 2.24) is 5.32 Å². The maximum Gasteiger partial charge on any atom is 0.220 e. The third-order valence-electron chi connectivity index (χ3n) is 11.8. The summed E-state index contributed by atoms with van der Waals surface area (Å²) in [4.78, 5) is 12.4. The summed E-state index contributed by atoms with van der Waals surface area (Å²) in [7, 11) is 0. The van der Waals surface area contributed by atoms with Crippen LogP contribution < -0.4 is 5.32 Å². The Morgan fingerprint density at radius 1 is 0.404 bits per heavy atom. The molecule has 2 unspecified atom stereocenters. The summed E-state index contributed by atoms with van der Waals surface area (Å²) in [6.45, 7) is 4.30. The first-order valence-electron chi connectivity index (χ1n) is 25.7. The molecule has 0 heterocycles. The molecule has 3 N–H and O–H groups in total. The minimum Gasteiger partial charge on any atom is -0.394 e. The van der Waals surface area contributed by atoms with Crippen LogP contribution in [-0.4, -0.2) is 34.9 Å². The van der Waals surface area contributed by atoms with Gasteiger partial charge in [-0.1, -0.05) is 249 Å². The zero-order chi connectivity index (χ0) is 41.4. The fraction of sp³-hybridized carbons (Fsp3) is 0.868. The fourth-order valence-corrected chi connectivity index (χ4v) is 7.90. The van der Waals surface area contributed by atoms with Gasteiger partial charge in [-0.2, -0.15) is 0 Å². The Labute approximate surface area is 357 Å². The number of hydrogen-bond acceptors (Lipinski definition) is 3. The van der Waals surface area contributed by atoms with Crippen LogP contribution in [0.15, 0.2) is 36.5 Å². The highest BCUT2D eigenvalue weighted by Crippen LogP contribution is 2.16. The summed E-state index contributed by atoms with van der Waals surface area (Å²) < 4.78 is 0. The van der Waals surface area contributed by atoms with Gasteiger partial charge in [0.1, 0.15) is 0 Å². The molecule has 336 valence electrons. The molecule has 0 aliphatic rings. The summed E-state index contributed by atoms with van der Waals surface area (Å²) in [6, 6.07) is -0.642. The Kier molecular flexibility index (Phi) is 47.8. The molecular formula is C53H101NO3. The second-order valence-corrected chi connectivity index (χ2v) is 17.6. The predicted octanol–water partition coefficient (Wildman–Crippen LogP) is 16.5. The molecule has 4 nitrogen and oxygen atoms in total. The van der Waals surface area contributed by atoms with E-state index in [0.717, 1.165) is 44.9 Å². The molecule has 4 heteroatoms. The number of amides is 1. The van der Waals surface area contributed by atoms with E-state index in [9.17, 15) is 15.0 Å². The molecule has 0 rings (SSSR count). The van der Waals surface area contributed by atoms with Gasteiger partial charge in [0, 0.05) is 6.42 Å². The van der Waals surface area contributed by atoms with E-state index < -0.39 is 12.1 Å². The van der Waals surface area contributed by atoms with E-state index in [1.807, 2.05) is 6.08 Å². The normalized spacial score (nSPS) is 13.1. The molecule has 0 aliphatic heterocycles. The highest BCUT2D eigenvalue weighted by Gasteiger charge is 2.17. The average Bonchev–Trinajstić information content (AvgIpc) is 3.22. The second-order valence-electron chi connectivity index (χ2n) is 17.6. The van der Waals surface area contributed by atoms with E-state index in [0.29, 0.717) is 6.42 Å². The van der Waals surface area contributed by atoms with Crippen molar-refractivity contribution in [3.8, 4) is 0 Å². The topological polar surface area (TPSA) is 69.6 Å². The second kappa shape index (κ2) is 49.0. The summed E-state index contributed by atoms with van der Waals surface area (Å²) in [5.74, 6) is -0.0813. The number of hydrogen-bond donors (Lipinski definition) is 3. The number of carbonyl (C=O) groups excluding carboxylic acids is 1. The van der Waals surface area contributed by atoms with Gasteiger partial charge in [-0.05, 0) is 57.8 Å². The van der Waals surface area contributed by atoms with E-state index in [1.54, 1.807) is 6.08 Å². The molecule has 0 spiro atoms. The zero-order valence-electron chi connectivity index (χ0n) is 38.6. The zero-order valence-corrected chi connectivity index (χ0v) is 38.6. The third-order valence-corrected chi connectivity index (χ3v) is 11.8. The van der Waals surface area contributed by atoms with Gasteiger partial charge in [0.2, 0.25) is 5.91 Å². The van der Waals surface area contributed by atoms with Crippen molar-refractivity contribution >= 4 is 5.91 Å². The van der Waals surface area contributed by atoms with Crippen molar-refractivity contribution in [3.05, 3.63) is 36.5 Å². The first kappa shape index (κ1) is 55.6. The van der Waals surface area contributed by atoms with Crippen LogP contribution in [-0.2, 0) is 4.79 Å². The molecule has 0 aromatic carbocycles. The molecule has 0 bridgehead atoms. The van der Waals surface area contributed by atoms with Crippen LogP contribution in [0.2, 0.25) is 0 Å². The molecule has 57 heavy (non-hydrogen) atoms. The van der Waals surface area contributed by atoms with Crippen molar-refractivity contribution in [1.29, 1.82) is 0 Å². The Bertz CT molecular complexity index is 866. The largest absolute Gasteiger partial charge is 0.394 e. The molecule has 0 saturated carbocycles. The molecule has 0 aromatic rings. The van der Waals surface area contributed by atoms with Crippen LogP contribution in [0.5, 0.6) is 0 Å². The number of nitrogens with one attached hydrogen (secondary N) is 1. The maximum atomic E-state index is 12.4. The van der Waals surface area contributed by atoms with E-state index in [1.165, 1.54) is 212 Å². The van der Waals surface area contributed by atoms with Gasteiger partial charge in [-0.3, -0.25) is 4.79 Å². The first-order chi connectivity index (χ1) is 28.2. The van der Waals surface area contributed by atoms with Crippen LogP contribution >= 0.6 is 0 Å². The van der Waals surface area contributed by atoms with E-state index >= 15 is 0 Å². The highest BCUT2D eigenvalue weighted by atomic mass is 16.3. The summed E-state index contributed by atoms with van der Waals surface area (Å²) in [6.07, 6.45) is 65.9. The van der Waals surface area contributed by atoms with Gasteiger partial charge in [-0.15, -0.1) is 0 Å². The van der Waals surface area contributed by atoms with Crippen LogP contribution in [0.25, 0.3) is 0 Å². The Hall–Kier alpha value is -1.39. The quantitative estimate of drug-likeness (QED) is 0.0424. The van der Waals surface area contributed by atoms with Crippen LogP contribution in [0, 0.1) is 0 Å². The lowest BCUT2D eigenvalue weighted by molar-refractivity contribution is -0.123. The molecule has 2 atom stereocenters. The van der Waals surface area contributed by atoms with Crippen LogP contribution in [0.3, 0.4) is 0 Å². The van der Waals surface area contributed by atoms with Crippen molar-refractivity contribution in [2.45, 2.75) is 289 Å².